The number of carbonyl (C=O) groups is 1. The quantitative estimate of drug-likeness (QED) is 0.0457. The van der Waals surface area contributed by atoms with Crippen LogP contribution in [-0.2, 0) is 15.8 Å². The van der Waals surface area contributed by atoms with Gasteiger partial charge in [-0.15, -0.1) is 0 Å². The van der Waals surface area contributed by atoms with Crippen molar-refractivity contribution in [3.63, 3.8) is 0 Å². The molecule has 12 heteroatoms. The van der Waals surface area contributed by atoms with Gasteiger partial charge in [-0.05, 0) is 60.7 Å². The van der Waals surface area contributed by atoms with Crippen molar-refractivity contribution in [2.24, 2.45) is 5.10 Å². The number of carbonyl (C=O) groups excluding carboxylic acids is 1. The highest BCUT2D eigenvalue weighted by Crippen LogP contribution is 2.36. The van der Waals surface area contributed by atoms with Gasteiger partial charge in [0.15, 0.2) is 0 Å². The first kappa shape index (κ1) is 31.6. The number of nitrogens with one attached hydrogen (secondary N) is 1. The van der Waals surface area contributed by atoms with Crippen LogP contribution in [0.4, 0.5) is 10.2 Å². The largest absolute Gasteiger partial charge is 0.691 e. The number of phenols is 1. The molecule has 0 unspecified atom stereocenters. The first-order valence-electron chi connectivity index (χ1n) is 13.6. The van der Waals surface area contributed by atoms with Crippen molar-refractivity contribution in [1.29, 1.82) is 0 Å². The summed E-state index contributed by atoms with van der Waals surface area (Å²) in [7, 11) is 0. The van der Waals surface area contributed by atoms with Crippen molar-refractivity contribution in [2.45, 2.75) is 31.1 Å². The monoisotopic (exact) mass is 606 g/mol. The van der Waals surface area contributed by atoms with E-state index in [1.807, 2.05) is 25.1 Å². The van der Waals surface area contributed by atoms with Crippen LogP contribution in [0.3, 0.4) is 0 Å². The van der Waals surface area contributed by atoms with Crippen LogP contribution in [-0.4, -0.2) is 35.4 Å². The van der Waals surface area contributed by atoms with Crippen LogP contribution in [0.15, 0.2) is 89.0 Å². The predicted octanol–water partition coefficient (Wildman–Crippen LogP) is 4.20. The van der Waals surface area contributed by atoms with Crippen molar-refractivity contribution in [1.82, 2.24) is 10.3 Å². The first-order valence-corrected chi connectivity index (χ1v) is 14.3. The standard InChI is InChI=1S/C31H31FN4O6S/c1-2-21-17-26(22-9-12-25(32)13-10-22)27(37)18-28(21)40-16-6-5-15-33-31(38)24-11-14-30(34-19-24)36-35-20-23-7-3-4-8-29(23)43-42-41-39/h3-4,7-14,17-20,37,39H,2,5-6,15-16H2,1H3,(H,33,38)(H,34,36)/b35-20+. The SMILES string of the molecule is CCc1cc(-c2ccc(F)cc2)c(O)cc1OCCCCNC(=O)c1ccc([NH2+]/N=C/c2ccccc2SOO[O-])nc1. The topological polar surface area (TPSA) is 142 Å². The maximum Gasteiger partial charge on any atom is 0.252 e. The highest BCUT2D eigenvalue weighted by molar-refractivity contribution is 7.94. The zero-order valence-corrected chi connectivity index (χ0v) is 24.2. The fourth-order valence-electron chi connectivity index (χ4n) is 4.12. The van der Waals surface area contributed by atoms with E-state index in [1.54, 1.807) is 54.1 Å². The average molecular weight is 607 g/mol. The van der Waals surface area contributed by atoms with Gasteiger partial charge in [-0.25, -0.2) is 9.37 Å². The second kappa shape index (κ2) is 16.3. The lowest BCUT2D eigenvalue weighted by Crippen LogP contribution is -2.71. The Morgan fingerprint density at radius 3 is 2.70 bits per heavy atom. The summed E-state index contributed by atoms with van der Waals surface area (Å²) in [5, 5.41) is 31.1. The van der Waals surface area contributed by atoms with E-state index < -0.39 is 0 Å². The van der Waals surface area contributed by atoms with Crippen LogP contribution in [0.25, 0.3) is 11.1 Å². The van der Waals surface area contributed by atoms with Gasteiger partial charge >= 0.3 is 0 Å². The van der Waals surface area contributed by atoms with Crippen LogP contribution >= 0.6 is 12.0 Å². The molecule has 0 spiro atoms. The number of ether oxygens (including phenoxy) is 1. The van der Waals surface area contributed by atoms with Crippen LogP contribution in [0.2, 0.25) is 0 Å². The normalized spacial score (nSPS) is 11.1. The van der Waals surface area contributed by atoms with Crippen LogP contribution in [0.1, 0.15) is 41.3 Å². The Bertz CT molecular complexity index is 1520. The number of aromatic nitrogens is 1. The molecule has 0 fully saturated rings. The molecule has 1 heterocycles. The van der Waals surface area contributed by atoms with E-state index in [-0.39, 0.29) is 17.5 Å². The van der Waals surface area contributed by atoms with Gasteiger partial charge in [-0.1, -0.05) is 42.4 Å². The average Bonchev–Trinajstić information content (AvgIpc) is 3.03. The summed E-state index contributed by atoms with van der Waals surface area (Å²) in [6, 6.07) is 20.0. The van der Waals surface area contributed by atoms with Gasteiger partial charge in [0.25, 0.3) is 11.7 Å². The molecule has 0 radical (unpaired) electrons. The maximum atomic E-state index is 13.3. The molecule has 43 heavy (non-hydrogen) atoms. The fourth-order valence-corrected chi connectivity index (χ4v) is 4.57. The summed E-state index contributed by atoms with van der Waals surface area (Å²) in [5.74, 6) is 0.675. The molecular formula is C31H31FN4O6S. The molecule has 1 amide bonds. The number of hydrogen-bond acceptors (Lipinski definition) is 9. The first-order chi connectivity index (χ1) is 21.0. The van der Waals surface area contributed by atoms with E-state index in [0.29, 0.717) is 60.0 Å². The smallest absolute Gasteiger partial charge is 0.252 e. The molecule has 4 aromatic rings. The van der Waals surface area contributed by atoms with E-state index in [4.69, 9.17) is 4.74 Å². The molecule has 0 bridgehead atoms. The molecule has 0 aliphatic heterocycles. The van der Waals surface area contributed by atoms with Crippen LogP contribution in [0, 0.1) is 5.82 Å². The second-order valence-electron chi connectivity index (χ2n) is 9.29. The minimum atomic E-state index is -0.332. The summed E-state index contributed by atoms with van der Waals surface area (Å²) in [4.78, 5) is 17.4. The van der Waals surface area contributed by atoms with Gasteiger partial charge in [0.2, 0.25) is 0 Å². The van der Waals surface area contributed by atoms with Gasteiger partial charge < -0.3 is 20.4 Å². The number of rotatable bonds is 15. The minimum absolute atomic E-state index is 0.0670. The Hall–Kier alpha value is -4.33. The number of phenolic OH excluding ortho intramolecular Hbond substituents is 1. The van der Waals surface area contributed by atoms with E-state index >= 15 is 0 Å². The number of unbranched alkanes of at least 4 members (excludes halogenated alkanes) is 1. The Labute approximate surface area is 252 Å². The molecule has 3 aromatic carbocycles. The van der Waals surface area contributed by atoms with E-state index in [9.17, 15) is 19.5 Å². The lowest BCUT2D eigenvalue weighted by Gasteiger charge is -2.14. The number of pyridine rings is 1. The molecule has 0 aliphatic carbocycles. The number of aromatic hydroxyl groups is 1. The number of amides is 1. The number of benzene rings is 3. The Morgan fingerprint density at radius 2 is 1.95 bits per heavy atom. The van der Waals surface area contributed by atoms with Gasteiger partial charge in [0.05, 0.1) is 30.4 Å². The summed E-state index contributed by atoms with van der Waals surface area (Å²) in [6.45, 7) is 2.89. The summed E-state index contributed by atoms with van der Waals surface area (Å²) >= 11 is 0.785. The summed E-state index contributed by atoms with van der Waals surface area (Å²) in [6.07, 6.45) is 5.19. The maximum absolute atomic E-state index is 13.3. The molecule has 1 aromatic heterocycles. The Kier molecular flexibility index (Phi) is 12.0. The number of nitrogens with zero attached hydrogens (tertiary/aromatic N) is 2. The number of hydrogen-bond donors (Lipinski definition) is 3. The molecule has 4 N–H and O–H groups in total. The molecule has 0 saturated carbocycles. The van der Waals surface area contributed by atoms with Gasteiger partial charge in [-0.2, -0.15) is 9.76 Å². The Morgan fingerprint density at radius 1 is 1.14 bits per heavy atom. The third kappa shape index (κ3) is 9.33. The number of quaternary nitrogens is 1. The molecular weight excluding hydrogens is 575 g/mol. The molecule has 10 nitrogen and oxygen atoms in total. The van der Waals surface area contributed by atoms with Crippen molar-refractivity contribution < 1.29 is 39.1 Å². The van der Waals surface area contributed by atoms with Crippen LogP contribution < -0.4 is 20.7 Å². The van der Waals surface area contributed by atoms with Gasteiger partial charge in [0.1, 0.15) is 17.3 Å². The number of nitrogens with two attached hydrogens (primary N) is 1. The minimum Gasteiger partial charge on any atom is -0.691 e. The van der Waals surface area contributed by atoms with E-state index in [2.05, 4.69) is 24.8 Å². The molecule has 0 aliphatic rings. The zero-order chi connectivity index (χ0) is 30.4. The third-order valence-corrected chi connectivity index (χ3v) is 7.04. The Balaban J connectivity index is 1.19. The van der Waals surface area contributed by atoms with Crippen molar-refractivity contribution in [3.8, 4) is 22.6 Å². The second-order valence-corrected chi connectivity index (χ2v) is 10.0. The molecule has 4 rings (SSSR count). The zero-order valence-electron chi connectivity index (χ0n) is 23.4. The van der Waals surface area contributed by atoms with Crippen molar-refractivity contribution in [2.75, 3.05) is 13.2 Å². The van der Waals surface area contributed by atoms with Crippen LogP contribution in [0.5, 0.6) is 11.5 Å². The van der Waals surface area contributed by atoms with Crippen molar-refractivity contribution in [3.05, 3.63) is 102 Å². The predicted molar refractivity (Wildman–Crippen MR) is 158 cm³/mol. The lowest BCUT2D eigenvalue weighted by atomic mass is 10.00. The number of aryl methyl sites for hydroxylation is 1. The highest BCUT2D eigenvalue weighted by atomic mass is 32.2. The fraction of sp³-hybridized carbons (Fsp3) is 0.194. The molecule has 224 valence electrons. The van der Waals surface area contributed by atoms with Crippen molar-refractivity contribution >= 4 is 30.0 Å². The highest BCUT2D eigenvalue weighted by Gasteiger charge is 2.12. The van der Waals surface area contributed by atoms with Gasteiger partial charge in [0, 0.05) is 40.9 Å². The summed E-state index contributed by atoms with van der Waals surface area (Å²) in [5.41, 5.74) is 5.00. The van der Waals surface area contributed by atoms with E-state index in [0.717, 1.165) is 28.7 Å². The van der Waals surface area contributed by atoms with E-state index in [1.165, 1.54) is 18.3 Å². The third-order valence-electron chi connectivity index (χ3n) is 6.37. The lowest BCUT2D eigenvalue weighted by molar-refractivity contribution is -0.777. The summed E-state index contributed by atoms with van der Waals surface area (Å²) < 4.78 is 23.6. The van der Waals surface area contributed by atoms with Gasteiger partial charge in [-0.3, -0.25) is 9.83 Å². The molecule has 0 atom stereocenters. The molecule has 0 saturated heterocycles. The number of halogens is 1.